The Bertz CT molecular complexity index is 641. The lowest BCUT2D eigenvalue weighted by atomic mass is 10.2. The number of para-hydroxylation sites is 2. The summed E-state index contributed by atoms with van der Waals surface area (Å²) in [5.41, 5.74) is 0. The third kappa shape index (κ3) is 4.32. The second-order valence-corrected chi connectivity index (χ2v) is 5.63. The van der Waals surface area contributed by atoms with E-state index in [-0.39, 0.29) is 13.2 Å². The van der Waals surface area contributed by atoms with Gasteiger partial charge in [0.05, 0.1) is 6.61 Å². The summed E-state index contributed by atoms with van der Waals surface area (Å²) in [5.74, 6) is 2.06. The van der Waals surface area contributed by atoms with Crippen molar-refractivity contribution in [2.75, 3.05) is 25.6 Å². The van der Waals surface area contributed by atoms with Crippen molar-refractivity contribution >= 4 is 11.8 Å². The molecule has 0 saturated heterocycles. The fourth-order valence-corrected chi connectivity index (χ4v) is 2.53. The Hall–Kier alpha value is -1.87. The Morgan fingerprint density at radius 2 is 2.09 bits per heavy atom. The summed E-state index contributed by atoms with van der Waals surface area (Å²) in [7, 11) is 0. The Morgan fingerprint density at radius 3 is 2.91 bits per heavy atom. The van der Waals surface area contributed by atoms with Gasteiger partial charge in [-0.25, -0.2) is 8.78 Å². The SMILES string of the molecule is FC(F)COCCSc1nnc(C2COc3ccccc3O2)o1. The lowest BCUT2D eigenvalue weighted by Crippen LogP contribution is -2.21. The van der Waals surface area contributed by atoms with E-state index in [0.717, 1.165) is 0 Å². The average molecular weight is 344 g/mol. The second-order valence-electron chi connectivity index (χ2n) is 4.58. The maximum absolute atomic E-state index is 11.9. The summed E-state index contributed by atoms with van der Waals surface area (Å²) in [6, 6.07) is 7.33. The first kappa shape index (κ1) is 16.0. The number of ether oxygens (including phenoxy) is 3. The number of aromatic nitrogens is 2. The van der Waals surface area contributed by atoms with Crippen LogP contribution in [-0.2, 0) is 4.74 Å². The largest absolute Gasteiger partial charge is 0.485 e. The molecular weight excluding hydrogens is 330 g/mol. The van der Waals surface area contributed by atoms with E-state index < -0.39 is 19.1 Å². The molecule has 0 N–H and O–H groups in total. The molecule has 23 heavy (non-hydrogen) atoms. The van der Waals surface area contributed by atoms with Gasteiger partial charge in [0.1, 0.15) is 13.2 Å². The molecule has 1 aromatic carbocycles. The standard InChI is InChI=1S/C14H14F2N2O4S/c15-12(16)8-19-5-6-23-14-18-17-13(22-14)11-7-20-9-3-1-2-4-10(9)21-11/h1-4,11-12H,5-8H2. The summed E-state index contributed by atoms with van der Waals surface area (Å²) in [6.07, 6.45) is -2.93. The predicted octanol–water partition coefficient (Wildman–Crippen LogP) is 2.96. The molecule has 1 unspecified atom stereocenters. The third-order valence-corrected chi connectivity index (χ3v) is 3.69. The van der Waals surface area contributed by atoms with Crippen LogP contribution in [0.2, 0.25) is 0 Å². The number of fused-ring (bicyclic) bond motifs is 1. The minimum atomic E-state index is -2.46. The van der Waals surface area contributed by atoms with E-state index in [9.17, 15) is 8.78 Å². The van der Waals surface area contributed by atoms with Gasteiger partial charge in [-0.1, -0.05) is 23.9 Å². The molecular formula is C14H14F2N2O4S. The first-order chi connectivity index (χ1) is 11.2. The molecule has 0 aliphatic carbocycles. The summed E-state index contributed by atoms with van der Waals surface area (Å²) >= 11 is 1.24. The van der Waals surface area contributed by atoms with Crippen LogP contribution in [0.4, 0.5) is 8.78 Å². The molecule has 0 bridgehead atoms. The molecule has 124 valence electrons. The molecule has 9 heteroatoms. The van der Waals surface area contributed by atoms with E-state index in [1.165, 1.54) is 11.8 Å². The Labute approximate surface area is 135 Å². The third-order valence-electron chi connectivity index (χ3n) is 2.90. The highest BCUT2D eigenvalue weighted by atomic mass is 32.2. The minimum Gasteiger partial charge on any atom is -0.485 e. The van der Waals surface area contributed by atoms with Crippen molar-refractivity contribution in [1.82, 2.24) is 10.2 Å². The highest BCUT2D eigenvalue weighted by Crippen LogP contribution is 2.35. The van der Waals surface area contributed by atoms with E-state index in [1.54, 1.807) is 6.07 Å². The van der Waals surface area contributed by atoms with Gasteiger partial charge in [0.25, 0.3) is 17.5 Å². The van der Waals surface area contributed by atoms with Crippen LogP contribution in [0.3, 0.4) is 0 Å². The zero-order chi connectivity index (χ0) is 16.1. The van der Waals surface area contributed by atoms with Crippen LogP contribution in [0.15, 0.2) is 33.9 Å². The van der Waals surface area contributed by atoms with Gasteiger partial charge in [0.2, 0.25) is 6.10 Å². The molecule has 0 fully saturated rings. The number of halogens is 2. The van der Waals surface area contributed by atoms with Gasteiger partial charge >= 0.3 is 0 Å². The van der Waals surface area contributed by atoms with E-state index in [2.05, 4.69) is 10.2 Å². The molecule has 1 aromatic heterocycles. The van der Waals surface area contributed by atoms with Gasteiger partial charge in [-0.3, -0.25) is 0 Å². The normalized spacial score (nSPS) is 16.7. The quantitative estimate of drug-likeness (QED) is 0.565. The Kier molecular flexibility index (Phi) is 5.29. The van der Waals surface area contributed by atoms with Crippen LogP contribution in [-0.4, -0.2) is 42.2 Å². The molecule has 1 aliphatic rings. The summed E-state index contributed by atoms with van der Waals surface area (Å²) in [5, 5.41) is 8.16. The second kappa shape index (κ2) is 7.60. The molecule has 2 heterocycles. The zero-order valence-corrected chi connectivity index (χ0v) is 12.8. The number of thioether (sulfide) groups is 1. The first-order valence-electron chi connectivity index (χ1n) is 6.93. The molecule has 1 atom stereocenters. The van der Waals surface area contributed by atoms with Crippen LogP contribution in [0, 0.1) is 0 Å². The fraction of sp³-hybridized carbons (Fsp3) is 0.429. The highest BCUT2D eigenvalue weighted by Gasteiger charge is 2.27. The van der Waals surface area contributed by atoms with Crippen molar-refractivity contribution in [3.8, 4) is 11.5 Å². The number of nitrogens with zero attached hydrogens (tertiary/aromatic N) is 2. The van der Waals surface area contributed by atoms with E-state index in [1.807, 2.05) is 18.2 Å². The summed E-state index contributed by atoms with van der Waals surface area (Å²) in [4.78, 5) is 0. The fourth-order valence-electron chi connectivity index (χ4n) is 1.91. The van der Waals surface area contributed by atoms with Crippen molar-refractivity contribution < 1.29 is 27.4 Å². The number of rotatable bonds is 7. The van der Waals surface area contributed by atoms with Gasteiger partial charge in [-0.05, 0) is 12.1 Å². The predicted molar refractivity (Wildman–Crippen MR) is 77.2 cm³/mol. The van der Waals surface area contributed by atoms with Gasteiger partial charge < -0.3 is 18.6 Å². The van der Waals surface area contributed by atoms with Crippen LogP contribution in [0.1, 0.15) is 12.0 Å². The van der Waals surface area contributed by atoms with Crippen LogP contribution >= 0.6 is 11.8 Å². The zero-order valence-electron chi connectivity index (χ0n) is 12.0. The topological polar surface area (TPSA) is 66.6 Å². The average Bonchev–Trinajstić information content (AvgIpc) is 3.03. The monoisotopic (exact) mass is 344 g/mol. The van der Waals surface area contributed by atoms with E-state index in [0.29, 0.717) is 28.4 Å². The molecule has 3 rings (SSSR count). The first-order valence-corrected chi connectivity index (χ1v) is 7.91. The summed E-state index contributed by atoms with van der Waals surface area (Å²) in [6.45, 7) is -0.105. The molecule has 1 aliphatic heterocycles. The van der Waals surface area contributed by atoms with Crippen LogP contribution in [0.5, 0.6) is 11.5 Å². The number of hydrogen-bond acceptors (Lipinski definition) is 7. The maximum atomic E-state index is 11.9. The number of benzene rings is 1. The van der Waals surface area contributed by atoms with Crippen molar-refractivity contribution in [3.63, 3.8) is 0 Å². The van der Waals surface area contributed by atoms with E-state index >= 15 is 0 Å². The molecule has 0 saturated carbocycles. The minimum absolute atomic E-state index is 0.184. The molecule has 0 radical (unpaired) electrons. The Morgan fingerprint density at radius 1 is 1.26 bits per heavy atom. The van der Waals surface area contributed by atoms with Crippen molar-refractivity contribution in [1.29, 1.82) is 0 Å². The summed E-state index contributed by atoms with van der Waals surface area (Å²) < 4.78 is 45.4. The van der Waals surface area contributed by atoms with Gasteiger partial charge in [0, 0.05) is 5.75 Å². The maximum Gasteiger partial charge on any atom is 0.276 e. The van der Waals surface area contributed by atoms with Crippen LogP contribution < -0.4 is 9.47 Å². The molecule has 2 aromatic rings. The van der Waals surface area contributed by atoms with Gasteiger partial charge in [0.15, 0.2) is 11.5 Å². The molecule has 6 nitrogen and oxygen atoms in total. The molecule has 0 amide bonds. The van der Waals surface area contributed by atoms with E-state index in [4.69, 9.17) is 18.6 Å². The molecule has 0 spiro atoms. The van der Waals surface area contributed by atoms with Crippen molar-refractivity contribution in [2.45, 2.75) is 17.8 Å². The van der Waals surface area contributed by atoms with Crippen LogP contribution in [0.25, 0.3) is 0 Å². The Balaban J connectivity index is 1.50. The highest BCUT2D eigenvalue weighted by molar-refractivity contribution is 7.99. The number of alkyl halides is 2. The lowest BCUT2D eigenvalue weighted by molar-refractivity contribution is 0.0237. The smallest absolute Gasteiger partial charge is 0.276 e. The lowest BCUT2D eigenvalue weighted by Gasteiger charge is -2.23. The van der Waals surface area contributed by atoms with Crippen molar-refractivity contribution in [3.05, 3.63) is 30.2 Å². The van der Waals surface area contributed by atoms with Gasteiger partial charge in [-0.15, -0.1) is 10.2 Å². The number of hydrogen-bond donors (Lipinski definition) is 0. The van der Waals surface area contributed by atoms with Gasteiger partial charge in [-0.2, -0.15) is 0 Å². The van der Waals surface area contributed by atoms with Crippen molar-refractivity contribution in [2.24, 2.45) is 0 Å².